The van der Waals surface area contributed by atoms with E-state index in [2.05, 4.69) is 0 Å². The van der Waals surface area contributed by atoms with Gasteiger partial charge in [0.2, 0.25) is 0 Å². The lowest BCUT2D eigenvalue weighted by molar-refractivity contribution is -0.125. The first-order chi connectivity index (χ1) is 7.03. The van der Waals surface area contributed by atoms with Gasteiger partial charge in [0.05, 0.1) is 11.7 Å². The number of methoxy groups -OCH3 is 1. The van der Waals surface area contributed by atoms with Crippen LogP contribution in [0.3, 0.4) is 0 Å². The number of carbonyl (C=O) groups is 1. The molecule has 0 aromatic heterocycles. The van der Waals surface area contributed by atoms with Crippen LogP contribution in [0.2, 0.25) is 0 Å². The van der Waals surface area contributed by atoms with E-state index in [1.165, 1.54) is 0 Å². The van der Waals surface area contributed by atoms with E-state index in [0.29, 0.717) is 18.8 Å². The number of rotatable bonds is 5. The fourth-order valence-corrected chi connectivity index (χ4v) is 1.70. The van der Waals surface area contributed by atoms with Gasteiger partial charge >= 0.3 is 0 Å². The second kappa shape index (κ2) is 5.61. The quantitative estimate of drug-likeness (QED) is 0.704. The zero-order valence-electron chi connectivity index (χ0n) is 10.0. The molecule has 0 radical (unpaired) electrons. The molecule has 1 rings (SSSR count). The van der Waals surface area contributed by atoms with Crippen LogP contribution in [0.1, 0.15) is 46.0 Å². The fourth-order valence-electron chi connectivity index (χ4n) is 1.70. The first-order valence-electron chi connectivity index (χ1n) is 5.72. The topological polar surface area (TPSA) is 35.5 Å². The van der Waals surface area contributed by atoms with E-state index < -0.39 is 0 Å². The third kappa shape index (κ3) is 4.76. The van der Waals surface area contributed by atoms with Gasteiger partial charge in [-0.15, -0.1) is 0 Å². The summed E-state index contributed by atoms with van der Waals surface area (Å²) in [5.41, 5.74) is -0.126. The summed E-state index contributed by atoms with van der Waals surface area (Å²) < 4.78 is 11.0. The molecule has 3 nitrogen and oxygen atoms in total. The lowest BCUT2D eigenvalue weighted by atomic mass is 9.96. The van der Waals surface area contributed by atoms with Crippen molar-refractivity contribution in [1.82, 2.24) is 0 Å². The Bertz CT molecular complexity index is 211. The second-order valence-corrected chi connectivity index (χ2v) is 4.84. The summed E-state index contributed by atoms with van der Waals surface area (Å²) in [6.45, 7) is 4.77. The Kier molecular flexibility index (Phi) is 4.74. The number of hydrogen-bond donors (Lipinski definition) is 0. The molecule has 0 N–H and O–H groups in total. The number of Topliss-reactive ketones (excluding diaryl/α,β-unsaturated/α-hetero) is 1. The molecule has 0 aromatic rings. The first kappa shape index (κ1) is 12.7. The minimum Gasteiger partial charge on any atom is -0.379 e. The van der Waals surface area contributed by atoms with Crippen LogP contribution in [-0.2, 0) is 14.3 Å². The van der Waals surface area contributed by atoms with Gasteiger partial charge in [0.15, 0.2) is 0 Å². The molecule has 0 bridgehead atoms. The maximum atomic E-state index is 11.2. The molecule has 0 saturated heterocycles. The van der Waals surface area contributed by atoms with Crippen LogP contribution in [0.15, 0.2) is 0 Å². The monoisotopic (exact) mass is 214 g/mol. The zero-order chi connectivity index (χ0) is 11.3. The highest BCUT2D eigenvalue weighted by Gasteiger charge is 2.21. The predicted octanol–water partition coefficient (Wildman–Crippen LogP) is 2.33. The van der Waals surface area contributed by atoms with Crippen molar-refractivity contribution in [3.8, 4) is 0 Å². The normalized spacial score (nSPS) is 23.1. The molecule has 88 valence electrons. The van der Waals surface area contributed by atoms with Crippen molar-refractivity contribution in [3.63, 3.8) is 0 Å². The van der Waals surface area contributed by atoms with E-state index >= 15 is 0 Å². The summed E-state index contributed by atoms with van der Waals surface area (Å²) in [6, 6.07) is 0. The molecule has 1 aliphatic rings. The fraction of sp³-hybridized carbons (Fsp3) is 0.917. The maximum Gasteiger partial charge on any atom is 0.135 e. The first-order valence-corrected chi connectivity index (χ1v) is 5.72. The number of ketones is 1. The highest BCUT2D eigenvalue weighted by atomic mass is 16.5. The van der Waals surface area contributed by atoms with Crippen molar-refractivity contribution < 1.29 is 14.3 Å². The largest absolute Gasteiger partial charge is 0.379 e. The van der Waals surface area contributed by atoms with Crippen molar-refractivity contribution in [2.24, 2.45) is 0 Å². The van der Waals surface area contributed by atoms with E-state index in [1.54, 1.807) is 7.11 Å². The lowest BCUT2D eigenvalue weighted by Gasteiger charge is -2.26. The van der Waals surface area contributed by atoms with Crippen LogP contribution in [0, 0.1) is 0 Å². The number of carbonyl (C=O) groups excluding carboxylic acids is 1. The van der Waals surface area contributed by atoms with Crippen molar-refractivity contribution >= 4 is 5.78 Å². The highest BCUT2D eigenvalue weighted by molar-refractivity contribution is 5.79. The minimum atomic E-state index is -0.126. The third-order valence-corrected chi connectivity index (χ3v) is 3.05. The molecule has 0 spiro atoms. The van der Waals surface area contributed by atoms with E-state index in [1.807, 2.05) is 13.8 Å². The van der Waals surface area contributed by atoms with Gasteiger partial charge in [0.25, 0.3) is 0 Å². The van der Waals surface area contributed by atoms with Crippen LogP contribution in [-0.4, -0.2) is 31.2 Å². The molecule has 1 unspecified atom stereocenters. The zero-order valence-corrected chi connectivity index (χ0v) is 10.0. The lowest BCUT2D eigenvalue weighted by Crippen LogP contribution is -2.28. The maximum absolute atomic E-state index is 11.2. The molecule has 0 heterocycles. The summed E-state index contributed by atoms with van der Waals surface area (Å²) in [4.78, 5) is 11.2. The second-order valence-electron chi connectivity index (χ2n) is 4.84. The molecule has 15 heavy (non-hydrogen) atoms. The Labute approximate surface area is 92.1 Å². The van der Waals surface area contributed by atoms with Crippen LogP contribution in [0.25, 0.3) is 0 Å². The van der Waals surface area contributed by atoms with E-state index in [4.69, 9.17) is 9.47 Å². The average Bonchev–Trinajstić information content (AvgIpc) is 2.18. The predicted molar refractivity (Wildman–Crippen MR) is 58.9 cm³/mol. The van der Waals surface area contributed by atoms with Crippen LogP contribution < -0.4 is 0 Å². The van der Waals surface area contributed by atoms with E-state index in [-0.39, 0.29) is 11.7 Å². The third-order valence-electron chi connectivity index (χ3n) is 3.05. The van der Waals surface area contributed by atoms with Crippen molar-refractivity contribution in [2.45, 2.75) is 57.7 Å². The SMILES string of the molecule is COC(C)(C)CCOC1CCCC(=O)C1. The van der Waals surface area contributed by atoms with E-state index in [9.17, 15) is 4.79 Å². The molecule has 1 atom stereocenters. The molecule has 0 amide bonds. The van der Waals surface area contributed by atoms with Gasteiger partial charge in [-0.3, -0.25) is 4.79 Å². The molecular formula is C12H22O3. The molecule has 0 aliphatic heterocycles. The standard InChI is InChI=1S/C12H22O3/c1-12(2,14-3)7-8-15-11-6-4-5-10(13)9-11/h11H,4-9H2,1-3H3. The summed E-state index contributed by atoms with van der Waals surface area (Å²) in [5, 5.41) is 0. The van der Waals surface area contributed by atoms with Gasteiger partial charge < -0.3 is 9.47 Å². The van der Waals surface area contributed by atoms with Gasteiger partial charge in [-0.2, -0.15) is 0 Å². The minimum absolute atomic E-state index is 0.126. The molecule has 0 aromatic carbocycles. The number of ether oxygens (including phenoxy) is 2. The van der Waals surface area contributed by atoms with Gasteiger partial charge in [-0.25, -0.2) is 0 Å². The van der Waals surface area contributed by atoms with Gasteiger partial charge in [-0.05, 0) is 33.1 Å². The van der Waals surface area contributed by atoms with Crippen LogP contribution in [0.4, 0.5) is 0 Å². The van der Waals surface area contributed by atoms with Gasteiger partial charge in [0, 0.05) is 26.6 Å². The Balaban J connectivity index is 2.17. The summed E-state index contributed by atoms with van der Waals surface area (Å²) in [6.07, 6.45) is 4.38. The average molecular weight is 214 g/mol. The smallest absolute Gasteiger partial charge is 0.135 e. The molecule has 1 fully saturated rings. The molecule has 1 aliphatic carbocycles. The summed E-state index contributed by atoms with van der Waals surface area (Å²) in [5.74, 6) is 0.345. The van der Waals surface area contributed by atoms with Gasteiger partial charge in [-0.1, -0.05) is 0 Å². The van der Waals surface area contributed by atoms with Crippen molar-refractivity contribution in [3.05, 3.63) is 0 Å². The highest BCUT2D eigenvalue weighted by Crippen LogP contribution is 2.19. The summed E-state index contributed by atoms with van der Waals surface area (Å²) >= 11 is 0. The molecular weight excluding hydrogens is 192 g/mol. The molecule has 1 saturated carbocycles. The number of hydrogen-bond acceptors (Lipinski definition) is 3. The summed E-state index contributed by atoms with van der Waals surface area (Å²) in [7, 11) is 1.71. The Morgan fingerprint density at radius 1 is 1.47 bits per heavy atom. The Morgan fingerprint density at radius 2 is 2.20 bits per heavy atom. The van der Waals surface area contributed by atoms with Crippen molar-refractivity contribution in [2.75, 3.05) is 13.7 Å². The Morgan fingerprint density at radius 3 is 2.80 bits per heavy atom. The molecule has 3 heteroatoms. The van der Waals surface area contributed by atoms with Crippen LogP contribution >= 0.6 is 0 Å². The van der Waals surface area contributed by atoms with Crippen molar-refractivity contribution in [1.29, 1.82) is 0 Å². The Hall–Kier alpha value is -0.410. The van der Waals surface area contributed by atoms with E-state index in [0.717, 1.165) is 25.7 Å². The van der Waals surface area contributed by atoms with Crippen LogP contribution in [0.5, 0.6) is 0 Å². The van der Waals surface area contributed by atoms with Gasteiger partial charge in [0.1, 0.15) is 5.78 Å².